The fourth-order valence-electron chi connectivity index (χ4n) is 4.40. The van der Waals surface area contributed by atoms with Crippen LogP contribution in [0.15, 0.2) is 47.4 Å². The summed E-state index contributed by atoms with van der Waals surface area (Å²) in [7, 11) is 0. The molecule has 0 saturated carbocycles. The van der Waals surface area contributed by atoms with Crippen LogP contribution in [0.3, 0.4) is 0 Å². The van der Waals surface area contributed by atoms with E-state index in [4.69, 9.17) is 9.47 Å². The third-order valence-corrected chi connectivity index (χ3v) is 7.87. The summed E-state index contributed by atoms with van der Waals surface area (Å²) >= 11 is -1.16. The molecule has 0 spiro atoms. The average molecular weight is 445 g/mol. The summed E-state index contributed by atoms with van der Waals surface area (Å²) in [6.07, 6.45) is 3.65. The van der Waals surface area contributed by atoms with E-state index in [1.807, 2.05) is 57.3 Å². The second-order valence-electron chi connectivity index (χ2n) is 9.29. The van der Waals surface area contributed by atoms with Gasteiger partial charge in [0.2, 0.25) is 5.43 Å². The first kappa shape index (κ1) is 22.4. The van der Waals surface area contributed by atoms with Crippen molar-refractivity contribution in [2.24, 2.45) is 5.92 Å². The third kappa shape index (κ3) is 5.00. The lowest BCUT2D eigenvalue weighted by atomic mass is 9.88. The van der Waals surface area contributed by atoms with E-state index >= 15 is 0 Å². The highest BCUT2D eigenvalue weighted by Crippen LogP contribution is 2.41. The second kappa shape index (κ2) is 9.36. The summed E-state index contributed by atoms with van der Waals surface area (Å²) in [4.78, 5) is 13.0. The van der Waals surface area contributed by atoms with Gasteiger partial charge in [-0.3, -0.25) is 4.79 Å². The van der Waals surface area contributed by atoms with Gasteiger partial charge in [-0.15, -0.1) is 4.31 Å². The highest BCUT2D eigenvalue weighted by Gasteiger charge is 2.45. The first-order valence-electron chi connectivity index (χ1n) is 11.0. The van der Waals surface area contributed by atoms with E-state index in [0.29, 0.717) is 44.6 Å². The fourth-order valence-corrected chi connectivity index (χ4v) is 5.84. The number of hydrogen-bond acceptors (Lipinski definition) is 5. The van der Waals surface area contributed by atoms with Gasteiger partial charge in [0.25, 0.3) is 0 Å². The van der Waals surface area contributed by atoms with Crippen molar-refractivity contribution in [1.29, 1.82) is 0 Å². The zero-order valence-corrected chi connectivity index (χ0v) is 19.4. The Labute approximate surface area is 187 Å². The largest absolute Gasteiger partial charge is 0.597 e. The van der Waals surface area contributed by atoms with E-state index < -0.39 is 11.4 Å². The maximum atomic E-state index is 13.4. The van der Waals surface area contributed by atoms with E-state index in [9.17, 15) is 9.35 Å². The van der Waals surface area contributed by atoms with Gasteiger partial charge in [-0.2, -0.15) is 0 Å². The Morgan fingerprint density at radius 3 is 2.55 bits per heavy atom. The molecule has 0 N–H and O–H groups in total. The van der Waals surface area contributed by atoms with Crippen molar-refractivity contribution in [3.05, 3.63) is 64.1 Å². The fraction of sp³-hybridized carbons (Fsp3) is 0.542. The summed E-state index contributed by atoms with van der Waals surface area (Å²) in [6, 6.07) is 11.5. The van der Waals surface area contributed by atoms with Crippen LogP contribution in [0, 0.1) is 5.92 Å². The summed E-state index contributed by atoms with van der Waals surface area (Å²) in [5, 5.41) is 0. The number of aromatic nitrogens is 1. The SMILES string of the molecule is CC(C)(C)[S+]([O-])N1CCn2cc(OCc3ccccc3)c(=O)cc2C1C1CCOCC1. The predicted molar refractivity (Wildman–Crippen MR) is 122 cm³/mol. The van der Waals surface area contributed by atoms with Gasteiger partial charge in [0.1, 0.15) is 11.4 Å². The molecule has 1 saturated heterocycles. The Kier molecular flexibility index (Phi) is 6.77. The lowest BCUT2D eigenvalue weighted by Crippen LogP contribution is -2.51. The highest BCUT2D eigenvalue weighted by atomic mass is 32.2. The highest BCUT2D eigenvalue weighted by molar-refractivity contribution is 7.90. The first-order chi connectivity index (χ1) is 14.8. The van der Waals surface area contributed by atoms with Crippen molar-refractivity contribution < 1.29 is 14.0 Å². The second-order valence-corrected chi connectivity index (χ2v) is 11.5. The lowest BCUT2D eigenvalue weighted by molar-refractivity contribution is 0.0351. The molecule has 2 aliphatic rings. The zero-order chi connectivity index (χ0) is 22.0. The van der Waals surface area contributed by atoms with Crippen molar-refractivity contribution in [2.75, 3.05) is 19.8 Å². The van der Waals surface area contributed by atoms with Crippen molar-refractivity contribution in [1.82, 2.24) is 8.87 Å². The van der Waals surface area contributed by atoms with Gasteiger partial charge in [0.15, 0.2) is 5.75 Å². The molecule has 168 valence electrons. The number of fused-ring (bicyclic) bond motifs is 1. The molecular formula is C24H32N2O4S. The minimum Gasteiger partial charge on any atom is -0.597 e. The number of pyridine rings is 1. The molecule has 0 bridgehead atoms. The molecular weight excluding hydrogens is 412 g/mol. The van der Waals surface area contributed by atoms with Gasteiger partial charge in [0.05, 0.1) is 18.8 Å². The summed E-state index contributed by atoms with van der Waals surface area (Å²) < 4.78 is 28.7. The summed E-state index contributed by atoms with van der Waals surface area (Å²) in [6.45, 7) is 9.15. The van der Waals surface area contributed by atoms with Gasteiger partial charge in [-0.05, 0) is 45.1 Å². The number of rotatable bonds is 5. The number of hydrogen-bond donors (Lipinski definition) is 0. The van der Waals surface area contributed by atoms with Crippen molar-refractivity contribution in [3.63, 3.8) is 0 Å². The monoisotopic (exact) mass is 444 g/mol. The smallest absolute Gasteiger partial charge is 0.223 e. The Balaban J connectivity index is 1.64. The van der Waals surface area contributed by atoms with E-state index in [1.54, 1.807) is 6.07 Å². The standard InChI is InChI=1S/C24H32N2O4S/c1-24(2,3)31(28)26-12-11-25-16-22(30-17-18-7-5-4-6-8-18)21(27)15-20(25)23(26)19-9-13-29-14-10-19/h4-8,15-16,19,23H,9-14,17H2,1-3H3. The molecule has 1 fully saturated rings. The minimum absolute atomic E-state index is 0.0615. The van der Waals surface area contributed by atoms with E-state index in [1.165, 1.54) is 0 Å². The van der Waals surface area contributed by atoms with Gasteiger partial charge < -0.3 is 18.6 Å². The van der Waals surface area contributed by atoms with Gasteiger partial charge in [-0.25, -0.2) is 0 Å². The topological polar surface area (TPSA) is 66.8 Å². The Morgan fingerprint density at radius 2 is 1.87 bits per heavy atom. The Hall–Kier alpha value is -1.80. The quantitative estimate of drug-likeness (QED) is 0.659. The third-order valence-electron chi connectivity index (χ3n) is 5.99. The van der Waals surface area contributed by atoms with Crippen molar-refractivity contribution >= 4 is 11.4 Å². The first-order valence-corrected chi connectivity index (χ1v) is 12.1. The molecule has 2 aliphatic heterocycles. The predicted octanol–water partition coefficient (Wildman–Crippen LogP) is 3.67. The molecule has 1 aromatic carbocycles. The van der Waals surface area contributed by atoms with Crippen LogP contribution < -0.4 is 10.2 Å². The Morgan fingerprint density at radius 1 is 1.16 bits per heavy atom. The van der Waals surface area contributed by atoms with Gasteiger partial charge >= 0.3 is 0 Å². The van der Waals surface area contributed by atoms with Crippen LogP contribution in [0.25, 0.3) is 0 Å². The zero-order valence-electron chi connectivity index (χ0n) is 18.6. The molecule has 3 heterocycles. The van der Waals surface area contributed by atoms with Crippen LogP contribution >= 0.6 is 0 Å². The number of benzene rings is 1. The van der Waals surface area contributed by atoms with Crippen LogP contribution in [-0.4, -0.2) is 37.9 Å². The lowest BCUT2D eigenvalue weighted by Gasteiger charge is -2.44. The molecule has 2 aromatic rings. The molecule has 7 heteroatoms. The van der Waals surface area contributed by atoms with E-state index in [-0.39, 0.29) is 16.2 Å². The molecule has 0 amide bonds. The van der Waals surface area contributed by atoms with Gasteiger partial charge in [0, 0.05) is 42.9 Å². The molecule has 4 rings (SSSR count). The van der Waals surface area contributed by atoms with Crippen LogP contribution in [0.5, 0.6) is 5.75 Å². The van der Waals surface area contributed by atoms with Crippen LogP contribution in [0.4, 0.5) is 0 Å². The minimum atomic E-state index is -1.16. The molecule has 1 aromatic heterocycles. The molecule has 2 atom stereocenters. The maximum absolute atomic E-state index is 13.4. The van der Waals surface area contributed by atoms with Gasteiger partial charge in [-0.1, -0.05) is 30.3 Å². The molecule has 2 unspecified atom stereocenters. The summed E-state index contributed by atoms with van der Waals surface area (Å²) in [5.41, 5.74) is 1.84. The molecule has 6 nitrogen and oxygen atoms in total. The Bertz CT molecular complexity index is 935. The van der Waals surface area contributed by atoms with Crippen LogP contribution in [0.2, 0.25) is 0 Å². The molecule has 0 aliphatic carbocycles. The van der Waals surface area contributed by atoms with E-state index in [0.717, 1.165) is 24.1 Å². The summed E-state index contributed by atoms with van der Waals surface area (Å²) in [5.74, 6) is 0.672. The number of nitrogens with zero attached hydrogens (tertiary/aromatic N) is 2. The van der Waals surface area contributed by atoms with Crippen LogP contribution in [-0.2, 0) is 29.3 Å². The molecule has 31 heavy (non-hydrogen) atoms. The number of ether oxygens (including phenoxy) is 2. The normalized spacial score (nSPS) is 21.5. The molecule has 0 radical (unpaired) electrons. The van der Waals surface area contributed by atoms with E-state index in [2.05, 4.69) is 8.87 Å². The van der Waals surface area contributed by atoms with Crippen molar-refractivity contribution in [2.45, 2.75) is 57.6 Å². The maximum Gasteiger partial charge on any atom is 0.223 e. The van der Waals surface area contributed by atoms with Crippen molar-refractivity contribution in [3.8, 4) is 5.75 Å². The average Bonchev–Trinajstić information content (AvgIpc) is 2.77. The van der Waals surface area contributed by atoms with Crippen LogP contribution in [0.1, 0.15) is 50.9 Å².